The molecule has 8 aliphatic heterocycles. The maximum absolute atomic E-state index is 6.88. The van der Waals surface area contributed by atoms with Gasteiger partial charge in [0.2, 0.25) is 11.6 Å². The van der Waals surface area contributed by atoms with Crippen LogP contribution in [0.2, 0.25) is 0 Å². The highest BCUT2D eigenvalue weighted by Crippen LogP contribution is 2.64. The third-order valence-corrected chi connectivity index (χ3v) is 13.5. The second-order valence-corrected chi connectivity index (χ2v) is 15.9. The van der Waals surface area contributed by atoms with Crippen LogP contribution in [0.4, 0.5) is 0 Å². The molecule has 2 saturated carbocycles. The van der Waals surface area contributed by atoms with Gasteiger partial charge in [0.05, 0.1) is 0 Å². The van der Waals surface area contributed by atoms with Gasteiger partial charge >= 0.3 is 0 Å². The van der Waals surface area contributed by atoms with E-state index in [1.807, 2.05) is 13.8 Å². The summed E-state index contributed by atoms with van der Waals surface area (Å²) < 4.78 is 33.7. The van der Waals surface area contributed by atoms with Crippen LogP contribution in [0, 0.1) is 47.3 Å². The van der Waals surface area contributed by atoms with Gasteiger partial charge in [-0.1, -0.05) is 27.7 Å². The van der Waals surface area contributed by atoms with Crippen molar-refractivity contribution >= 4 is 0 Å². The Bertz CT molecular complexity index is 1180. The molecule has 2 aliphatic carbocycles. The summed E-state index contributed by atoms with van der Waals surface area (Å²) in [6, 6.07) is 4.16. The van der Waals surface area contributed by atoms with E-state index in [1.165, 1.54) is 12.8 Å². The standard InChI is InChI=1S/C34H48O9/c1-17-7-9-23-19(3)27(36-29-33(23)21(17)13-15-31(5,38-29)40-42-33)25-11-12-26(35-25)28-20(4)24-10-8-18(2)22-14-16-32(6)39-30(37-28)34(22,24)43-41-32/h11-12,17-24,27-30H,7-10,13-16H2,1-6H3/t17-,18-,19-,20-,21+,22+,23+,24+,27-,28-,29-,30-,31+,32+,33-,34-/m1/s1. The molecule has 43 heavy (non-hydrogen) atoms. The molecule has 2 spiro atoms. The molecule has 0 radical (unpaired) electrons. The Hall–Kier alpha value is -1.04. The van der Waals surface area contributed by atoms with Crippen LogP contribution in [0.1, 0.15) is 117 Å². The lowest BCUT2D eigenvalue weighted by Crippen LogP contribution is -2.69. The molecule has 16 atom stereocenters. The first-order chi connectivity index (χ1) is 20.6. The van der Waals surface area contributed by atoms with Crippen LogP contribution < -0.4 is 0 Å². The van der Waals surface area contributed by atoms with Crippen LogP contribution in [-0.2, 0) is 38.5 Å². The third kappa shape index (κ3) is 3.68. The lowest BCUT2D eigenvalue weighted by molar-refractivity contribution is -0.572. The number of rotatable bonds is 2. The molecule has 1 aromatic heterocycles. The van der Waals surface area contributed by atoms with Crippen molar-refractivity contribution in [3.05, 3.63) is 23.7 Å². The third-order valence-electron chi connectivity index (χ3n) is 13.5. The number of fused-ring (bicyclic) bond motifs is 4. The molecule has 0 aromatic carbocycles. The summed E-state index contributed by atoms with van der Waals surface area (Å²) in [4.78, 5) is 24.7. The fourth-order valence-corrected chi connectivity index (χ4v) is 11.1. The zero-order valence-electron chi connectivity index (χ0n) is 26.4. The van der Waals surface area contributed by atoms with Gasteiger partial charge < -0.3 is 23.4 Å². The molecule has 0 amide bonds. The van der Waals surface area contributed by atoms with E-state index in [1.54, 1.807) is 0 Å². The molecule has 0 unspecified atom stereocenters. The highest BCUT2D eigenvalue weighted by atomic mass is 17.3. The molecule has 238 valence electrons. The molecule has 11 rings (SSSR count). The van der Waals surface area contributed by atoms with Gasteiger partial charge in [0.25, 0.3) is 0 Å². The maximum atomic E-state index is 6.88. The van der Waals surface area contributed by atoms with Gasteiger partial charge in [0.15, 0.2) is 23.8 Å². The SMILES string of the molecule is C[C@H]1[C@H](c2ccc([C@@H]3O[C@@H]4O[C@]5(C)CC[C@H]6[C@H](C)CC[C@@H]([C@H]3C)[C@@]46OO5)o2)O[C@@H]2O[C@]3(C)CC[C@H]4[C@H](C)CC[C@@H]1[C@@]24OO3. The van der Waals surface area contributed by atoms with Crippen molar-refractivity contribution in [3.8, 4) is 0 Å². The lowest BCUT2D eigenvalue weighted by atomic mass is 9.57. The molecule has 10 aliphatic rings. The van der Waals surface area contributed by atoms with Crippen molar-refractivity contribution in [1.29, 1.82) is 0 Å². The van der Waals surface area contributed by atoms with Gasteiger partial charge in [-0.2, -0.15) is 0 Å². The second-order valence-electron chi connectivity index (χ2n) is 15.9. The van der Waals surface area contributed by atoms with E-state index in [4.69, 9.17) is 42.9 Å². The zero-order chi connectivity index (χ0) is 29.5. The Morgan fingerprint density at radius 3 is 1.44 bits per heavy atom. The fourth-order valence-electron chi connectivity index (χ4n) is 11.1. The van der Waals surface area contributed by atoms with E-state index in [0.717, 1.165) is 50.0 Å². The molecular weight excluding hydrogens is 552 g/mol. The predicted octanol–water partition coefficient (Wildman–Crippen LogP) is 7.13. The van der Waals surface area contributed by atoms with Crippen LogP contribution in [0.5, 0.6) is 0 Å². The van der Waals surface area contributed by atoms with Gasteiger partial charge in [-0.25, -0.2) is 19.6 Å². The Balaban J connectivity index is 1.03. The lowest BCUT2D eigenvalue weighted by Gasteiger charge is -2.60. The number of hydrogen-bond acceptors (Lipinski definition) is 9. The zero-order valence-corrected chi connectivity index (χ0v) is 26.4. The number of furan rings is 1. The van der Waals surface area contributed by atoms with E-state index in [-0.39, 0.29) is 35.9 Å². The maximum Gasteiger partial charge on any atom is 0.201 e. The van der Waals surface area contributed by atoms with E-state index < -0.39 is 35.4 Å². The molecule has 9 heterocycles. The summed E-state index contributed by atoms with van der Waals surface area (Å²) in [7, 11) is 0. The molecular formula is C34H48O9. The van der Waals surface area contributed by atoms with Crippen LogP contribution in [0.3, 0.4) is 0 Å². The minimum absolute atomic E-state index is 0.167. The number of hydrogen-bond donors (Lipinski definition) is 0. The van der Waals surface area contributed by atoms with Crippen molar-refractivity contribution in [2.75, 3.05) is 0 Å². The van der Waals surface area contributed by atoms with Crippen molar-refractivity contribution < 1.29 is 42.9 Å². The first-order valence-corrected chi connectivity index (χ1v) is 17.1. The van der Waals surface area contributed by atoms with Gasteiger partial charge in [-0.05, 0) is 100 Å². The average Bonchev–Trinajstić information content (AvgIpc) is 3.20. The Kier molecular flexibility index (Phi) is 6.09. The smallest absolute Gasteiger partial charge is 0.201 e. The van der Waals surface area contributed by atoms with Crippen molar-refractivity contribution in [2.45, 2.75) is 140 Å². The molecule has 10 fully saturated rings. The summed E-state index contributed by atoms with van der Waals surface area (Å²) in [6.45, 7) is 13.2. The van der Waals surface area contributed by atoms with Crippen LogP contribution >= 0.6 is 0 Å². The van der Waals surface area contributed by atoms with Crippen LogP contribution in [0.25, 0.3) is 0 Å². The van der Waals surface area contributed by atoms with E-state index >= 15 is 0 Å². The van der Waals surface area contributed by atoms with E-state index in [0.29, 0.717) is 23.7 Å². The van der Waals surface area contributed by atoms with Crippen molar-refractivity contribution in [2.24, 2.45) is 47.3 Å². The summed E-state index contributed by atoms with van der Waals surface area (Å²) in [6.07, 6.45) is 6.60. The monoisotopic (exact) mass is 600 g/mol. The molecule has 1 aromatic rings. The minimum atomic E-state index is -0.797. The summed E-state index contributed by atoms with van der Waals surface area (Å²) in [5.74, 6) is 2.61. The molecule has 8 saturated heterocycles. The van der Waals surface area contributed by atoms with Gasteiger partial charge in [0.1, 0.15) is 23.7 Å². The summed E-state index contributed by atoms with van der Waals surface area (Å²) in [5.41, 5.74) is -1.17. The van der Waals surface area contributed by atoms with Crippen LogP contribution in [0.15, 0.2) is 16.5 Å². The van der Waals surface area contributed by atoms with Crippen molar-refractivity contribution in [3.63, 3.8) is 0 Å². The van der Waals surface area contributed by atoms with Gasteiger partial charge in [-0.3, -0.25) is 0 Å². The average molecular weight is 601 g/mol. The molecule has 9 nitrogen and oxygen atoms in total. The van der Waals surface area contributed by atoms with E-state index in [9.17, 15) is 0 Å². The van der Waals surface area contributed by atoms with Gasteiger partial charge in [-0.15, -0.1) is 0 Å². The Morgan fingerprint density at radius 2 is 1.00 bits per heavy atom. The molecule has 9 heteroatoms. The topological polar surface area (TPSA) is 87.0 Å². The van der Waals surface area contributed by atoms with Crippen LogP contribution in [-0.4, -0.2) is 35.4 Å². The highest BCUT2D eigenvalue weighted by molar-refractivity contribution is 5.20. The molecule has 0 N–H and O–H groups in total. The largest absolute Gasteiger partial charge is 0.461 e. The summed E-state index contributed by atoms with van der Waals surface area (Å²) in [5, 5.41) is 0. The predicted molar refractivity (Wildman–Crippen MR) is 150 cm³/mol. The number of ether oxygens (including phenoxy) is 4. The normalized spacial score (nSPS) is 58.7. The minimum Gasteiger partial charge on any atom is -0.461 e. The van der Waals surface area contributed by atoms with Gasteiger partial charge in [0, 0.05) is 24.7 Å². The Labute approximate surface area is 254 Å². The van der Waals surface area contributed by atoms with Crippen molar-refractivity contribution in [1.82, 2.24) is 0 Å². The Morgan fingerprint density at radius 1 is 0.558 bits per heavy atom. The highest BCUT2D eigenvalue weighted by Gasteiger charge is 2.71. The van der Waals surface area contributed by atoms with E-state index in [2.05, 4.69) is 39.8 Å². The first-order valence-electron chi connectivity index (χ1n) is 17.1. The fraction of sp³-hybridized carbons (Fsp3) is 0.882. The second kappa shape index (κ2) is 9.28. The summed E-state index contributed by atoms with van der Waals surface area (Å²) >= 11 is 0. The first kappa shape index (κ1) is 28.2. The molecule has 4 bridgehead atoms. The quantitative estimate of drug-likeness (QED) is 0.329.